The van der Waals surface area contributed by atoms with Gasteiger partial charge in [-0.25, -0.2) is 4.68 Å². The number of amides is 2. The number of nitriles is 1. The molecule has 4 aromatic rings. The van der Waals surface area contributed by atoms with E-state index in [-0.39, 0.29) is 24.8 Å². The lowest BCUT2D eigenvalue weighted by molar-refractivity contribution is -0.128. The molecule has 2 amide bonds. The first kappa shape index (κ1) is 28.6. The van der Waals surface area contributed by atoms with E-state index in [9.17, 15) is 9.59 Å². The van der Waals surface area contributed by atoms with Crippen molar-refractivity contribution in [2.45, 2.75) is 25.3 Å². The fourth-order valence-electron chi connectivity index (χ4n) is 3.93. The number of likely N-dealkylation sites (N-methyl/N-ethyl adjacent to an activating group) is 1. The summed E-state index contributed by atoms with van der Waals surface area (Å²) in [4.78, 5) is 29.2. The van der Waals surface area contributed by atoms with Gasteiger partial charge in [0.25, 0.3) is 0 Å². The molecule has 0 unspecified atom stereocenters. The number of nitrogens with zero attached hydrogens (tertiary/aromatic N) is 4. The SMILES string of the molecule is CNC(=O)[C@H](Cc1ccc(C#N)cc1)NC(=O)CCCOc1cc(-c2cccnc2)nn1-c1ccc(Cl)c(Cl)c1. The van der Waals surface area contributed by atoms with E-state index in [1.165, 1.54) is 7.05 Å². The Morgan fingerprint density at radius 2 is 1.90 bits per heavy atom. The molecule has 0 saturated heterocycles. The van der Waals surface area contributed by atoms with E-state index < -0.39 is 6.04 Å². The van der Waals surface area contributed by atoms with E-state index in [1.807, 2.05) is 12.1 Å². The summed E-state index contributed by atoms with van der Waals surface area (Å²) in [6, 6.07) is 18.9. The van der Waals surface area contributed by atoms with Crippen molar-refractivity contribution in [1.29, 1.82) is 5.26 Å². The van der Waals surface area contributed by atoms with Crippen LogP contribution in [0, 0.1) is 11.3 Å². The second-order valence-electron chi connectivity index (χ2n) is 8.82. The van der Waals surface area contributed by atoms with Crippen molar-refractivity contribution in [2.75, 3.05) is 13.7 Å². The average Bonchev–Trinajstić information content (AvgIpc) is 3.41. The number of rotatable bonds is 11. The van der Waals surface area contributed by atoms with E-state index in [0.717, 1.165) is 11.1 Å². The van der Waals surface area contributed by atoms with Crippen LogP contribution in [0.1, 0.15) is 24.0 Å². The maximum Gasteiger partial charge on any atom is 0.242 e. The zero-order valence-electron chi connectivity index (χ0n) is 21.6. The van der Waals surface area contributed by atoms with Gasteiger partial charge in [0.1, 0.15) is 6.04 Å². The summed E-state index contributed by atoms with van der Waals surface area (Å²) < 4.78 is 7.64. The number of hydrogen-bond donors (Lipinski definition) is 2. The Labute approximate surface area is 241 Å². The number of carbonyl (C=O) groups is 2. The van der Waals surface area contributed by atoms with Gasteiger partial charge in [0.05, 0.1) is 39.7 Å². The first-order chi connectivity index (χ1) is 19.4. The predicted octanol–water partition coefficient (Wildman–Crippen LogP) is 4.75. The number of nitrogens with one attached hydrogen (secondary N) is 2. The van der Waals surface area contributed by atoms with Gasteiger partial charge in [-0.2, -0.15) is 10.4 Å². The summed E-state index contributed by atoms with van der Waals surface area (Å²) in [6.45, 7) is 0.229. The molecule has 0 aliphatic heterocycles. The lowest BCUT2D eigenvalue weighted by atomic mass is 10.0. The summed E-state index contributed by atoms with van der Waals surface area (Å²) in [5, 5.41) is 19.8. The van der Waals surface area contributed by atoms with Crippen molar-refractivity contribution >= 4 is 35.0 Å². The molecule has 204 valence electrons. The Morgan fingerprint density at radius 1 is 1.10 bits per heavy atom. The van der Waals surface area contributed by atoms with Crippen LogP contribution in [0.5, 0.6) is 5.88 Å². The normalized spacial score (nSPS) is 11.3. The lowest BCUT2D eigenvalue weighted by Crippen LogP contribution is -2.47. The van der Waals surface area contributed by atoms with Crippen LogP contribution in [0.3, 0.4) is 0 Å². The summed E-state index contributed by atoms with van der Waals surface area (Å²) in [7, 11) is 1.52. The molecule has 0 spiro atoms. The third-order valence-electron chi connectivity index (χ3n) is 6.00. The van der Waals surface area contributed by atoms with Gasteiger partial charge in [0, 0.05) is 43.9 Å². The van der Waals surface area contributed by atoms with Gasteiger partial charge >= 0.3 is 0 Å². The van der Waals surface area contributed by atoms with Crippen molar-refractivity contribution in [3.63, 3.8) is 0 Å². The molecule has 0 fully saturated rings. The monoisotopic (exact) mass is 576 g/mol. The summed E-state index contributed by atoms with van der Waals surface area (Å²) in [5.74, 6) is -0.121. The molecule has 4 rings (SSSR count). The predicted molar refractivity (Wildman–Crippen MR) is 152 cm³/mol. The fraction of sp³-hybridized carbons (Fsp3) is 0.207. The van der Waals surface area contributed by atoms with Gasteiger partial charge < -0.3 is 15.4 Å². The molecule has 0 aliphatic carbocycles. The second kappa shape index (κ2) is 13.6. The number of ether oxygens (including phenoxy) is 1. The van der Waals surface area contributed by atoms with E-state index in [4.69, 9.17) is 33.2 Å². The van der Waals surface area contributed by atoms with Gasteiger partial charge in [0.2, 0.25) is 17.7 Å². The van der Waals surface area contributed by atoms with Gasteiger partial charge in [-0.1, -0.05) is 35.3 Å². The maximum atomic E-state index is 12.7. The number of pyridine rings is 1. The molecule has 2 aromatic carbocycles. The van der Waals surface area contributed by atoms with Crippen molar-refractivity contribution in [3.8, 4) is 28.9 Å². The Bertz CT molecular complexity index is 1520. The lowest BCUT2D eigenvalue weighted by Gasteiger charge is -2.17. The van der Waals surface area contributed by atoms with E-state index in [2.05, 4.69) is 26.8 Å². The molecule has 1 atom stereocenters. The quantitative estimate of drug-likeness (QED) is 0.248. The fourth-order valence-corrected chi connectivity index (χ4v) is 4.23. The highest BCUT2D eigenvalue weighted by Crippen LogP contribution is 2.29. The van der Waals surface area contributed by atoms with Crippen LogP contribution in [0.25, 0.3) is 16.9 Å². The average molecular weight is 577 g/mol. The van der Waals surface area contributed by atoms with Crippen LogP contribution in [-0.4, -0.2) is 46.3 Å². The Kier molecular flexibility index (Phi) is 9.73. The molecule has 0 bridgehead atoms. The minimum atomic E-state index is -0.746. The van der Waals surface area contributed by atoms with Gasteiger partial charge in [-0.15, -0.1) is 0 Å². The Morgan fingerprint density at radius 3 is 2.58 bits per heavy atom. The van der Waals surface area contributed by atoms with Crippen LogP contribution in [0.4, 0.5) is 0 Å². The topological polar surface area (TPSA) is 122 Å². The third kappa shape index (κ3) is 7.38. The van der Waals surface area contributed by atoms with Crippen LogP contribution in [-0.2, 0) is 16.0 Å². The summed E-state index contributed by atoms with van der Waals surface area (Å²) >= 11 is 12.3. The molecule has 11 heteroatoms. The van der Waals surface area contributed by atoms with Crippen LogP contribution in [0.2, 0.25) is 10.0 Å². The minimum absolute atomic E-state index is 0.150. The highest BCUT2D eigenvalue weighted by molar-refractivity contribution is 6.42. The van der Waals surface area contributed by atoms with Crippen molar-refractivity contribution in [1.82, 2.24) is 25.4 Å². The minimum Gasteiger partial charge on any atom is -0.478 e. The zero-order valence-corrected chi connectivity index (χ0v) is 23.1. The number of halogens is 2. The molecule has 2 aromatic heterocycles. The molecule has 2 N–H and O–H groups in total. The van der Waals surface area contributed by atoms with Crippen molar-refractivity contribution < 1.29 is 14.3 Å². The molecule has 9 nitrogen and oxygen atoms in total. The summed E-state index contributed by atoms with van der Waals surface area (Å²) in [6.07, 6.45) is 4.24. The van der Waals surface area contributed by atoms with Gasteiger partial charge in [-0.05, 0) is 54.4 Å². The van der Waals surface area contributed by atoms with Crippen LogP contribution in [0.15, 0.2) is 73.1 Å². The molecular formula is C29H26Cl2N6O3. The zero-order chi connectivity index (χ0) is 28.5. The highest BCUT2D eigenvalue weighted by Gasteiger charge is 2.20. The van der Waals surface area contributed by atoms with Crippen molar-refractivity contribution in [3.05, 3.63) is 94.2 Å². The molecule has 0 saturated carbocycles. The van der Waals surface area contributed by atoms with Crippen LogP contribution < -0.4 is 15.4 Å². The van der Waals surface area contributed by atoms with Crippen molar-refractivity contribution in [2.24, 2.45) is 0 Å². The largest absolute Gasteiger partial charge is 0.478 e. The molecule has 0 aliphatic rings. The Hall–Kier alpha value is -4.39. The number of hydrogen-bond acceptors (Lipinski definition) is 6. The smallest absolute Gasteiger partial charge is 0.242 e. The van der Waals surface area contributed by atoms with E-state index in [1.54, 1.807) is 65.6 Å². The number of aromatic nitrogens is 3. The van der Waals surface area contributed by atoms with E-state index in [0.29, 0.717) is 45.7 Å². The van der Waals surface area contributed by atoms with Gasteiger partial charge in [0.15, 0.2) is 0 Å². The second-order valence-corrected chi connectivity index (χ2v) is 9.63. The molecule has 0 radical (unpaired) electrons. The first-order valence-electron chi connectivity index (χ1n) is 12.5. The molecular weight excluding hydrogens is 551 g/mol. The Balaban J connectivity index is 1.39. The standard InChI is InChI=1S/C29H26Cl2N6O3/c1-33-29(39)26(14-19-6-8-20(17-32)9-7-19)35-27(38)5-3-13-40-28-16-25(21-4-2-12-34-18-21)36-37(28)22-10-11-23(30)24(31)15-22/h2,4,6-12,15-16,18,26H,3,5,13-14H2,1H3,(H,33,39)(H,35,38)/t26-/m0/s1. The number of carbonyl (C=O) groups excluding carboxylic acids is 2. The maximum absolute atomic E-state index is 12.7. The molecule has 2 heterocycles. The van der Waals surface area contributed by atoms with Gasteiger partial charge in [-0.3, -0.25) is 14.6 Å². The van der Waals surface area contributed by atoms with E-state index >= 15 is 0 Å². The third-order valence-corrected chi connectivity index (χ3v) is 6.74. The first-order valence-corrected chi connectivity index (χ1v) is 13.2. The van der Waals surface area contributed by atoms with Crippen LogP contribution >= 0.6 is 23.2 Å². The number of benzene rings is 2. The summed E-state index contributed by atoms with van der Waals surface area (Å²) in [5.41, 5.74) is 3.48. The highest BCUT2D eigenvalue weighted by atomic mass is 35.5. The molecule has 40 heavy (non-hydrogen) atoms.